The molecule has 4 rings (SSSR count). The van der Waals surface area contributed by atoms with E-state index < -0.39 is 27.8 Å². The molecule has 0 aromatic heterocycles. The van der Waals surface area contributed by atoms with Gasteiger partial charge in [-0.05, 0) is 71.8 Å². The second-order valence-corrected chi connectivity index (χ2v) is 12.7. The second-order valence-electron chi connectivity index (χ2n) is 10.4. The molecule has 1 aliphatic heterocycles. The summed E-state index contributed by atoms with van der Waals surface area (Å²) in [5.41, 5.74) is 5.58. The van der Waals surface area contributed by atoms with Crippen LogP contribution in [0, 0.1) is 6.92 Å². The highest BCUT2D eigenvalue weighted by Gasteiger charge is 2.25. The molecule has 3 aromatic carbocycles. The van der Waals surface area contributed by atoms with Gasteiger partial charge in [-0.2, -0.15) is 0 Å². The third-order valence-corrected chi connectivity index (χ3v) is 8.14. The van der Waals surface area contributed by atoms with Gasteiger partial charge in [-0.3, -0.25) is 4.79 Å². The van der Waals surface area contributed by atoms with Gasteiger partial charge in [-0.25, -0.2) is 13.2 Å². The maximum atomic E-state index is 13.4. The molecular formula is C32H37NO8S. The molecule has 0 spiro atoms. The van der Waals surface area contributed by atoms with E-state index in [9.17, 15) is 23.1 Å². The predicted molar refractivity (Wildman–Crippen MR) is 159 cm³/mol. The molecule has 2 N–H and O–H groups in total. The van der Waals surface area contributed by atoms with Gasteiger partial charge in [0.15, 0.2) is 0 Å². The number of fused-ring (bicyclic) bond motifs is 1. The zero-order valence-electron chi connectivity index (χ0n) is 24.1. The first-order chi connectivity index (χ1) is 20.1. The van der Waals surface area contributed by atoms with Crippen LogP contribution in [0.15, 0.2) is 60.7 Å². The first kappa shape index (κ1) is 31.2. The van der Waals surface area contributed by atoms with E-state index in [4.69, 9.17) is 14.2 Å². The van der Waals surface area contributed by atoms with Crippen molar-refractivity contribution in [3.63, 3.8) is 0 Å². The van der Waals surface area contributed by atoms with Crippen molar-refractivity contribution in [1.29, 1.82) is 0 Å². The van der Waals surface area contributed by atoms with Crippen LogP contribution in [0.1, 0.15) is 52.1 Å². The van der Waals surface area contributed by atoms with Gasteiger partial charge >= 0.3 is 5.97 Å². The molecule has 0 saturated heterocycles. The highest BCUT2D eigenvalue weighted by molar-refractivity contribution is 7.90. The molecule has 0 saturated carbocycles. The molecule has 10 heteroatoms. The van der Waals surface area contributed by atoms with Crippen LogP contribution in [0.5, 0.6) is 5.75 Å². The molecular weight excluding hydrogens is 558 g/mol. The number of carboxylic acid groups (broad SMARTS) is 1. The Kier molecular flexibility index (Phi) is 10.4. The highest BCUT2D eigenvalue weighted by atomic mass is 32.2. The summed E-state index contributed by atoms with van der Waals surface area (Å²) in [6.45, 7) is 5.68. The Labute approximate surface area is 246 Å². The van der Waals surface area contributed by atoms with Gasteiger partial charge in [-0.15, -0.1) is 0 Å². The second kappa shape index (κ2) is 14.0. The number of amides is 1. The average Bonchev–Trinajstić information content (AvgIpc) is 3.43. The summed E-state index contributed by atoms with van der Waals surface area (Å²) in [6, 6.07) is 17.6. The van der Waals surface area contributed by atoms with E-state index >= 15 is 0 Å². The molecule has 224 valence electrons. The van der Waals surface area contributed by atoms with Gasteiger partial charge in [-0.1, -0.05) is 42.5 Å². The van der Waals surface area contributed by atoms with Crippen LogP contribution < -0.4 is 10.1 Å². The van der Waals surface area contributed by atoms with Gasteiger partial charge < -0.3 is 24.6 Å². The summed E-state index contributed by atoms with van der Waals surface area (Å²) in [5.74, 6) is -1.39. The molecule has 0 aliphatic carbocycles. The molecule has 0 fully saturated rings. The largest absolute Gasteiger partial charge is 0.493 e. The minimum atomic E-state index is -3.40. The van der Waals surface area contributed by atoms with E-state index in [1.165, 1.54) is 5.56 Å². The van der Waals surface area contributed by atoms with E-state index in [-0.39, 0.29) is 30.4 Å². The van der Waals surface area contributed by atoms with Gasteiger partial charge in [0.1, 0.15) is 27.7 Å². The number of sulfone groups is 1. The van der Waals surface area contributed by atoms with Crippen molar-refractivity contribution in [2.75, 3.05) is 31.8 Å². The van der Waals surface area contributed by atoms with Crippen molar-refractivity contribution in [2.45, 2.75) is 45.4 Å². The third kappa shape index (κ3) is 8.18. The molecule has 0 radical (unpaired) electrons. The number of carboxylic acids is 1. The van der Waals surface area contributed by atoms with Crippen LogP contribution in [0.3, 0.4) is 0 Å². The maximum absolute atomic E-state index is 13.4. The predicted octanol–water partition coefficient (Wildman–Crippen LogP) is 4.51. The highest BCUT2D eigenvalue weighted by Crippen LogP contribution is 2.32. The van der Waals surface area contributed by atoms with Crippen LogP contribution >= 0.6 is 0 Å². The number of nitrogens with one attached hydrogen (secondary N) is 1. The quantitative estimate of drug-likeness (QED) is 0.279. The molecule has 1 heterocycles. The molecule has 1 aliphatic rings. The van der Waals surface area contributed by atoms with Gasteiger partial charge in [0, 0.05) is 24.8 Å². The standard InChI is InChI=1S/C32H37NO8S/c1-4-39-20-30(24-11-10-23-13-15-40-29(23)18-24)41-19-22-9-12-26(27(17-22)25-8-6-5-7-21(25)2)31(34)33-28(32(35)36)14-16-42(3,37)38/h5-12,17-18,28,30H,4,13-16,19-20H2,1-3H3,(H,33,34)(H,35,36)/t28-,30+/m0/s1. The number of rotatable bonds is 14. The van der Waals surface area contributed by atoms with E-state index in [0.29, 0.717) is 25.4 Å². The molecule has 42 heavy (non-hydrogen) atoms. The first-order valence-electron chi connectivity index (χ1n) is 13.9. The maximum Gasteiger partial charge on any atom is 0.326 e. The summed E-state index contributed by atoms with van der Waals surface area (Å²) in [7, 11) is -3.40. The number of hydrogen-bond acceptors (Lipinski definition) is 7. The van der Waals surface area contributed by atoms with Crippen LogP contribution in [-0.4, -0.2) is 63.3 Å². The number of aliphatic carboxylic acids is 1. The summed E-state index contributed by atoms with van der Waals surface area (Å²) in [4.78, 5) is 25.2. The SMILES string of the molecule is CCOC[C@@H](OCc1ccc(C(=O)N[C@@H](CCS(C)(=O)=O)C(=O)O)c(-c2ccccc2C)c1)c1ccc2c(c1)OCC2. The zero-order valence-corrected chi connectivity index (χ0v) is 24.9. The smallest absolute Gasteiger partial charge is 0.326 e. The summed E-state index contributed by atoms with van der Waals surface area (Å²) < 4.78 is 41.0. The third-order valence-electron chi connectivity index (χ3n) is 7.16. The first-order valence-corrected chi connectivity index (χ1v) is 16.0. The van der Waals surface area contributed by atoms with Crippen LogP contribution in [0.4, 0.5) is 0 Å². The Morgan fingerprint density at radius 2 is 1.86 bits per heavy atom. The monoisotopic (exact) mass is 595 g/mol. The normalized spacial score (nSPS) is 14.1. The van der Waals surface area contributed by atoms with Gasteiger partial charge in [0.2, 0.25) is 0 Å². The molecule has 1 amide bonds. The van der Waals surface area contributed by atoms with Crippen molar-refractivity contribution in [3.05, 3.63) is 88.5 Å². The fourth-order valence-corrected chi connectivity index (χ4v) is 5.51. The van der Waals surface area contributed by atoms with Crippen molar-refractivity contribution in [2.24, 2.45) is 0 Å². The minimum Gasteiger partial charge on any atom is -0.493 e. The Morgan fingerprint density at radius 1 is 1.07 bits per heavy atom. The Bertz CT molecular complexity index is 1540. The van der Waals surface area contributed by atoms with Gasteiger partial charge in [0.25, 0.3) is 5.91 Å². The molecule has 0 unspecified atom stereocenters. The number of ether oxygens (including phenoxy) is 3. The van der Waals surface area contributed by atoms with Crippen molar-refractivity contribution >= 4 is 21.7 Å². The van der Waals surface area contributed by atoms with E-state index in [1.807, 2.05) is 56.3 Å². The molecule has 9 nitrogen and oxygen atoms in total. The molecule has 3 aromatic rings. The van der Waals surface area contributed by atoms with Gasteiger partial charge in [0.05, 0.1) is 25.6 Å². The summed E-state index contributed by atoms with van der Waals surface area (Å²) in [5, 5.41) is 12.1. The van der Waals surface area contributed by atoms with Crippen molar-refractivity contribution in [3.8, 4) is 16.9 Å². The number of carbonyl (C=O) groups is 2. The molecule has 0 bridgehead atoms. The zero-order chi connectivity index (χ0) is 30.3. The van der Waals surface area contributed by atoms with E-state index in [1.54, 1.807) is 12.1 Å². The van der Waals surface area contributed by atoms with Crippen LogP contribution in [0.25, 0.3) is 11.1 Å². The van der Waals surface area contributed by atoms with Crippen LogP contribution in [-0.2, 0) is 37.1 Å². The fraction of sp³-hybridized carbons (Fsp3) is 0.375. The number of aryl methyl sites for hydroxylation is 1. The summed E-state index contributed by atoms with van der Waals surface area (Å²) >= 11 is 0. The number of carbonyl (C=O) groups excluding carboxylic acids is 1. The minimum absolute atomic E-state index is 0.236. The lowest BCUT2D eigenvalue weighted by molar-refractivity contribution is -0.139. The Morgan fingerprint density at radius 3 is 2.57 bits per heavy atom. The number of benzene rings is 3. The van der Waals surface area contributed by atoms with Crippen LogP contribution in [0.2, 0.25) is 0 Å². The lowest BCUT2D eigenvalue weighted by Gasteiger charge is -2.20. The lowest BCUT2D eigenvalue weighted by atomic mass is 9.93. The van der Waals surface area contributed by atoms with Crippen molar-refractivity contribution in [1.82, 2.24) is 5.32 Å². The number of hydrogen-bond donors (Lipinski definition) is 2. The average molecular weight is 596 g/mol. The molecule has 2 atom stereocenters. The van der Waals surface area contributed by atoms with E-state index in [2.05, 4.69) is 11.4 Å². The summed E-state index contributed by atoms with van der Waals surface area (Å²) in [6.07, 6.45) is 1.34. The topological polar surface area (TPSA) is 128 Å². The Balaban J connectivity index is 1.60. The fourth-order valence-electron chi connectivity index (χ4n) is 4.85. The van der Waals surface area contributed by atoms with E-state index in [0.717, 1.165) is 40.7 Å². The lowest BCUT2D eigenvalue weighted by Crippen LogP contribution is -2.42. The Hall–Kier alpha value is -3.73. The van der Waals surface area contributed by atoms with Crippen molar-refractivity contribution < 1.29 is 37.3 Å².